The summed E-state index contributed by atoms with van der Waals surface area (Å²) < 4.78 is 0. The second-order valence-corrected chi connectivity index (χ2v) is 4.41. The van der Waals surface area contributed by atoms with Crippen LogP contribution in [0.15, 0.2) is 42.6 Å². The zero-order chi connectivity index (χ0) is 13.0. The minimum atomic E-state index is 0.377. The number of benzene rings is 1. The normalized spacial score (nSPS) is 10.1. The largest absolute Gasteiger partial charge is 0.389 e. The van der Waals surface area contributed by atoms with Gasteiger partial charge < -0.3 is 11.1 Å². The first-order valence-corrected chi connectivity index (χ1v) is 6.21. The van der Waals surface area contributed by atoms with Crippen molar-refractivity contribution in [3.63, 3.8) is 0 Å². The summed E-state index contributed by atoms with van der Waals surface area (Å²) in [5.41, 5.74) is 8.71. The van der Waals surface area contributed by atoms with Gasteiger partial charge in [-0.2, -0.15) is 0 Å². The molecule has 1 heterocycles. The second kappa shape index (κ2) is 5.60. The topological polar surface area (TPSA) is 50.9 Å². The van der Waals surface area contributed by atoms with E-state index in [1.165, 1.54) is 5.56 Å². The van der Waals surface area contributed by atoms with Gasteiger partial charge >= 0.3 is 0 Å². The van der Waals surface area contributed by atoms with Crippen LogP contribution in [-0.2, 0) is 6.42 Å². The Kier molecular flexibility index (Phi) is 3.89. The summed E-state index contributed by atoms with van der Waals surface area (Å²) in [4.78, 5) is 4.61. The van der Waals surface area contributed by atoms with Gasteiger partial charge in [0.2, 0.25) is 0 Å². The molecule has 3 nitrogen and oxygen atoms in total. The Morgan fingerprint density at radius 2 is 2.00 bits per heavy atom. The van der Waals surface area contributed by atoms with E-state index in [4.69, 9.17) is 18.0 Å². The average Bonchev–Trinajstić information content (AvgIpc) is 2.40. The van der Waals surface area contributed by atoms with Gasteiger partial charge in [-0.05, 0) is 36.2 Å². The summed E-state index contributed by atoms with van der Waals surface area (Å²) in [7, 11) is 0. The maximum absolute atomic E-state index is 5.59. The molecule has 0 saturated heterocycles. The van der Waals surface area contributed by atoms with Crippen molar-refractivity contribution >= 4 is 28.7 Å². The van der Waals surface area contributed by atoms with E-state index in [1.807, 2.05) is 18.2 Å². The van der Waals surface area contributed by atoms with Gasteiger partial charge in [-0.25, -0.2) is 4.98 Å². The molecule has 0 atom stereocenters. The quantitative estimate of drug-likeness (QED) is 0.827. The molecule has 0 unspecified atom stereocenters. The first-order valence-electron chi connectivity index (χ1n) is 5.81. The average molecular weight is 257 g/mol. The van der Waals surface area contributed by atoms with Crippen LogP contribution in [0.2, 0.25) is 0 Å². The highest BCUT2D eigenvalue weighted by molar-refractivity contribution is 7.80. The van der Waals surface area contributed by atoms with Crippen molar-refractivity contribution in [3.8, 4) is 0 Å². The number of thiocarbonyl (C=S) groups is 1. The summed E-state index contributed by atoms with van der Waals surface area (Å²) in [6.07, 6.45) is 2.73. The highest BCUT2D eigenvalue weighted by Crippen LogP contribution is 2.16. The number of aromatic nitrogens is 1. The molecule has 0 aliphatic heterocycles. The Morgan fingerprint density at radius 1 is 1.28 bits per heavy atom. The molecule has 1 aromatic carbocycles. The summed E-state index contributed by atoms with van der Waals surface area (Å²) in [6, 6.07) is 11.9. The van der Waals surface area contributed by atoms with E-state index >= 15 is 0 Å². The summed E-state index contributed by atoms with van der Waals surface area (Å²) in [5, 5.41) is 3.22. The minimum Gasteiger partial charge on any atom is -0.389 e. The standard InChI is InChI=1S/C14H15N3S/c1-2-10-3-5-12(6-4-10)17-13-9-11(14(15)18)7-8-16-13/h3-9H,2H2,1H3,(H2,15,18)(H,16,17). The molecule has 0 bridgehead atoms. The molecular formula is C14H15N3S. The third-order valence-corrected chi connectivity index (χ3v) is 2.91. The van der Waals surface area contributed by atoms with Gasteiger partial charge in [0.15, 0.2) is 0 Å². The fourth-order valence-corrected chi connectivity index (χ4v) is 1.75. The van der Waals surface area contributed by atoms with Crippen LogP contribution in [0.4, 0.5) is 11.5 Å². The molecular weight excluding hydrogens is 242 g/mol. The lowest BCUT2D eigenvalue weighted by molar-refractivity contribution is 1.14. The molecule has 2 rings (SSSR count). The molecule has 0 saturated carbocycles. The fourth-order valence-electron chi connectivity index (χ4n) is 1.62. The molecule has 0 fully saturated rings. The summed E-state index contributed by atoms with van der Waals surface area (Å²) in [6.45, 7) is 2.13. The third-order valence-electron chi connectivity index (χ3n) is 2.68. The zero-order valence-electron chi connectivity index (χ0n) is 10.2. The van der Waals surface area contributed by atoms with Crippen LogP contribution in [0.1, 0.15) is 18.1 Å². The third kappa shape index (κ3) is 3.05. The van der Waals surface area contributed by atoms with Crippen LogP contribution in [0.3, 0.4) is 0 Å². The molecule has 92 valence electrons. The number of hydrogen-bond donors (Lipinski definition) is 2. The highest BCUT2D eigenvalue weighted by Gasteiger charge is 2.00. The molecule has 0 amide bonds. The Labute approximate surface area is 112 Å². The van der Waals surface area contributed by atoms with Crippen molar-refractivity contribution in [3.05, 3.63) is 53.7 Å². The van der Waals surface area contributed by atoms with Gasteiger partial charge in [-0.1, -0.05) is 31.3 Å². The molecule has 4 heteroatoms. The SMILES string of the molecule is CCc1ccc(Nc2cc(C(N)=S)ccn2)cc1. The van der Waals surface area contributed by atoms with Crippen molar-refractivity contribution in [1.82, 2.24) is 4.98 Å². The molecule has 0 spiro atoms. The van der Waals surface area contributed by atoms with Crippen LogP contribution in [0, 0.1) is 0 Å². The van der Waals surface area contributed by atoms with Crippen LogP contribution in [-0.4, -0.2) is 9.97 Å². The lowest BCUT2D eigenvalue weighted by Crippen LogP contribution is -2.09. The number of aryl methyl sites for hydroxylation is 1. The van der Waals surface area contributed by atoms with Crippen LogP contribution >= 0.6 is 12.2 Å². The fraction of sp³-hybridized carbons (Fsp3) is 0.143. The number of hydrogen-bond acceptors (Lipinski definition) is 3. The van der Waals surface area contributed by atoms with Crippen molar-refractivity contribution in [2.75, 3.05) is 5.32 Å². The number of anilines is 2. The Morgan fingerprint density at radius 3 is 2.61 bits per heavy atom. The van der Waals surface area contributed by atoms with E-state index in [0.29, 0.717) is 4.99 Å². The first kappa shape index (κ1) is 12.5. The van der Waals surface area contributed by atoms with E-state index in [0.717, 1.165) is 23.5 Å². The first-order chi connectivity index (χ1) is 8.69. The molecule has 18 heavy (non-hydrogen) atoms. The number of pyridine rings is 1. The monoisotopic (exact) mass is 257 g/mol. The predicted molar refractivity (Wildman–Crippen MR) is 79.2 cm³/mol. The van der Waals surface area contributed by atoms with Gasteiger partial charge in [0.25, 0.3) is 0 Å². The van der Waals surface area contributed by atoms with E-state index in [-0.39, 0.29) is 0 Å². The molecule has 0 radical (unpaired) electrons. The van der Waals surface area contributed by atoms with Gasteiger partial charge in [0.05, 0.1) is 0 Å². The summed E-state index contributed by atoms with van der Waals surface area (Å²) in [5.74, 6) is 0.740. The molecule has 0 aliphatic rings. The number of rotatable bonds is 4. The minimum absolute atomic E-state index is 0.377. The maximum atomic E-state index is 5.59. The number of nitrogens with two attached hydrogens (primary N) is 1. The molecule has 1 aromatic heterocycles. The van der Waals surface area contributed by atoms with E-state index in [2.05, 4.69) is 29.4 Å². The van der Waals surface area contributed by atoms with Crippen LogP contribution in [0.5, 0.6) is 0 Å². The van der Waals surface area contributed by atoms with Gasteiger partial charge in [0.1, 0.15) is 10.8 Å². The lowest BCUT2D eigenvalue weighted by atomic mass is 10.1. The smallest absolute Gasteiger partial charge is 0.130 e. The Hall–Kier alpha value is -1.94. The van der Waals surface area contributed by atoms with Gasteiger partial charge in [-0.3, -0.25) is 0 Å². The van der Waals surface area contributed by atoms with Crippen molar-refractivity contribution in [1.29, 1.82) is 0 Å². The van der Waals surface area contributed by atoms with Gasteiger partial charge in [0, 0.05) is 17.4 Å². The zero-order valence-corrected chi connectivity index (χ0v) is 11.0. The molecule has 3 N–H and O–H groups in total. The van der Waals surface area contributed by atoms with Crippen molar-refractivity contribution < 1.29 is 0 Å². The summed E-state index contributed by atoms with van der Waals surface area (Å²) >= 11 is 4.94. The Balaban J connectivity index is 2.17. The molecule has 2 aromatic rings. The lowest BCUT2D eigenvalue weighted by Gasteiger charge is -2.07. The van der Waals surface area contributed by atoms with Crippen molar-refractivity contribution in [2.45, 2.75) is 13.3 Å². The maximum Gasteiger partial charge on any atom is 0.130 e. The number of nitrogens with zero attached hydrogens (tertiary/aromatic N) is 1. The van der Waals surface area contributed by atoms with E-state index in [9.17, 15) is 0 Å². The Bertz CT molecular complexity index is 549. The van der Waals surface area contributed by atoms with E-state index in [1.54, 1.807) is 12.3 Å². The highest BCUT2D eigenvalue weighted by atomic mass is 32.1. The van der Waals surface area contributed by atoms with Crippen molar-refractivity contribution in [2.24, 2.45) is 5.73 Å². The predicted octanol–water partition coefficient (Wildman–Crippen LogP) is 3.02. The van der Waals surface area contributed by atoms with E-state index < -0.39 is 0 Å². The van der Waals surface area contributed by atoms with Gasteiger partial charge in [-0.15, -0.1) is 0 Å². The second-order valence-electron chi connectivity index (χ2n) is 3.97. The van der Waals surface area contributed by atoms with Crippen LogP contribution < -0.4 is 11.1 Å². The number of nitrogens with one attached hydrogen (secondary N) is 1. The molecule has 0 aliphatic carbocycles. The van der Waals surface area contributed by atoms with Crippen LogP contribution in [0.25, 0.3) is 0 Å².